The number of ether oxygens (including phenoxy) is 1. The van der Waals surface area contributed by atoms with Crippen molar-refractivity contribution in [3.05, 3.63) is 0 Å². The third-order valence-electron chi connectivity index (χ3n) is 3.67. The van der Waals surface area contributed by atoms with Gasteiger partial charge in [-0.25, -0.2) is 0 Å². The fourth-order valence-electron chi connectivity index (χ4n) is 2.24. The fourth-order valence-corrected chi connectivity index (χ4v) is 2.24. The number of nitrogens with two attached hydrogens (primary N) is 1. The summed E-state index contributed by atoms with van der Waals surface area (Å²) in [7, 11) is 0. The van der Waals surface area contributed by atoms with Crippen LogP contribution in [0, 0.1) is 0 Å². The van der Waals surface area contributed by atoms with Gasteiger partial charge in [-0.2, -0.15) is 0 Å². The van der Waals surface area contributed by atoms with Crippen LogP contribution in [0.2, 0.25) is 0 Å². The van der Waals surface area contributed by atoms with Gasteiger partial charge in [-0.05, 0) is 12.8 Å². The molecule has 0 aromatic heterocycles. The lowest BCUT2D eigenvalue weighted by Crippen LogP contribution is -2.25. The average molecular weight is 285 g/mol. The second-order valence-corrected chi connectivity index (χ2v) is 5.72. The fraction of sp³-hybridized carbons (Fsp3) is 0.941. The normalized spacial score (nSPS) is 12.3. The smallest absolute Gasteiger partial charge is 0.307 e. The predicted octanol–water partition coefficient (Wildman–Crippen LogP) is 4.93. The Labute approximate surface area is 125 Å². The molecule has 0 aliphatic carbocycles. The van der Waals surface area contributed by atoms with E-state index >= 15 is 0 Å². The van der Waals surface area contributed by atoms with Crippen LogP contribution in [0.15, 0.2) is 0 Å². The van der Waals surface area contributed by atoms with E-state index in [9.17, 15) is 4.79 Å². The maximum atomic E-state index is 11.4. The molecule has 1 unspecified atom stereocenters. The Kier molecular flexibility index (Phi) is 14.4. The Bertz CT molecular complexity index is 219. The van der Waals surface area contributed by atoms with Gasteiger partial charge in [-0.15, -0.1) is 0 Å². The zero-order valence-electron chi connectivity index (χ0n) is 13.7. The maximum Gasteiger partial charge on any atom is 0.307 e. The summed E-state index contributed by atoms with van der Waals surface area (Å²) in [5.41, 5.74) is 5.56. The summed E-state index contributed by atoms with van der Waals surface area (Å²) in [5.74, 6) is -0.143. The highest BCUT2D eigenvalue weighted by Gasteiger charge is 2.06. The zero-order valence-corrected chi connectivity index (χ0v) is 13.7. The summed E-state index contributed by atoms with van der Waals surface area (Å²) >= 11 is 0. The number of hydrogen-bond acceptors (Lipinski definition) is 3. The van der Waals surface area contributed by atoms with Gasteiger partial charge in [0, 0.05) is 6.42 Å². The molecule has 0 aromatic rings. The Morgan fingerprint density at radius 3 is 1.75 bits per heavy atom. The van der Waals surface area contributed by atoms with Crippen LogP contribution in [0.5, 0.6) is 0 Å². The van der Waals surface area contributed by atoms with E-state index in [2.05, 4.69) is 6.92 Å². The number of hydrogen-bond donors (Lipinski definition) is 1. The molecule has 0 fully saturated rings. The molecule has 3 heteroatoms. The van der Waals surface area contributed by atoms with Crippen molar-refractivity contribution in [1.29, 1.82) is 0 Å². The Balaban J connectivity index is 3.14. The molecule has 0 rings (SSSR count). The van der Waals surface area contributed by atoms with Gasteiger partial charge in [0.15, 0.2) is 6.23 Å². The maximum absolute atomic E-state index is 11.4. The first-order valence-corrected chi connectivity index (χ1v) is 8.65. The molecule has 3 nitrogen and oxygen atoms in total. The van der Waals surface area contributed by atoms with Gasteiger partial charge >= 0.3 is 5.97 Å². The first-order chi connectivity index (χ1) is 9.70. The van der Waals surface area contributed by atoms with Crippen molar-refractivity contribution >= 4 is 5.97 Å². The van der Waals surface area contributed by atoms with Crippen molar-refractivity contribution in [3.8, 4) is 0 Å². The van der Waals surface area contributed by atoms with Gasteiger partial charge in [0.2, 0.25) is 0 Å². The van der Waals surface area contributed by atoms with Crippen molar-refractivity contribution in [1.82, 2.24) is 0 Å². The average Bonchev–Trinajstić information content (AvgIpc) is 2.44. The van der Waals surface area contributed by atoms with Crippen molar-refractivity contribution in [2.75, 3.05) is 0 Å². The topological polar surface area (TPSA) is 52.3 Å². The summed E-state index contributed by atoms with van der Waals surface area (Å²) in [6.07, 6.45) is 15.0. The van der Waals surface area contributed by atoms with Crippen LogP contribution in [0.4, 0.5) is 0 Å². The minimum Gasteiger partial charge on any atom is -0.447 e. The van der Waals surface area contributed by atoms with Gasteiger partial charge in [0.05, 0.1) is 0 Å². The van der Waals surface area contributed by atoms with E-state index in [0.717, 1.165) is 12.8 Å². The monoisotopic (exact) mass is 285 g/mol. The van der Waals surface area contributed by atoms with E-state index in [1.165, 1.54) is 57.8 Å². The van der Waals surface area contributed by atoms with E-state index in [0.29, 0.717) is 12.8 Å². The summed E-state index contributed by atoms with van der Waals surface area (Å²) < 4.78 is 5.03. The second-order valence-electron chi connectivity index (χ2n) is 5.72. The van der Waals surface area contributed by atoms with E-state index in [1.54, 1.807) is 0 Å². The molecule has 0 bridgehead atoms. The molecule has 0 aliphatic rings. The lowest BCUT2D eigenvalue weighted by Gasteiger charge is -2.10. The van der Waals surface area contributed by atoms with Crippen molar-refractivity contribution in [2.45, 2.75) is 104 Å². The minimum atomic E-state index is -0.421. The third kappa shape index (κ3) is 13.9. The molecule has 0 spiro atoms. The van der Waals surface area contributed by atoms with Crippen LogP contribution in [0.25, 0.3) is 0 Å². The largest absolute Gasteiger partial charge is 0.447 e. The van der Waals surface area contributed by atoms with Crippen LogP contribution in [-0.4, -0.2) is 12.2 Å². The Morgan fingerprint density at radius 1 is 0.850 bits per heavy atom. The molecule has 0 aromatic carbocycles. The number of esters is 1. The molecule has 0 amide bonds. The molecule has 1 atom stereocenters. The summed E-state index contributed by atoms with van der Waals surface area (Å²) in [6.45, 7) is 4.17. The SMILES string of the molecule is CCCCCCCCCCCCCC(=O)OC(N)CC. The summed E-state index contributed by atoms with van der Waals surface area (Å²) in [4.78, 5) is 11.4. The molecular formula is C17H35NO2. The minimum absolute atomic E-state index is 0.143. The van der Waals surface area contributed by atoms with Crippen LogP contribution in [0.3, 0.4) is 0 Å². The molecule has 20 heavy (non-hydrogen) atoms. The van der Waals surface area contributed by atoms with Crippen LogP contribution < -0.4 is 5.73 Å². The Hall–Kier alpha value is -0.570. The molecule has 0 heterocycles. The van der Waals surface area contributed by atoms with E-state index in [-0.39, 0.29) is 5.97 Å². The van der Waals surface area contributed by atoms with Crippen LogP contribution in [-0.2, 0) is 9.53 Å². The standard InChI is InChI=1S/C17H35NO2/c1-3-5-6-7-8-9-10-11-12-13-14-15-17(19)20-16(18)4-2/h16H,3-15,18H2,1-2H3. The predicted molar refractivity (Wildman–Crippen MR) is 85.4 cm³/mol. The highest BCUT2D eigenvalue weighted by molar-refractivity contribution is 5.69. The number of unbranched alkanes of at least 4 members (excludes halogenated alkanes) is 10. The van der Waals surface area contributed by atoms with Crippen molar-refractivity contribution in [2.24, 2.45) is 5.73 Å². The lowest BCUT2D eigenvalue weighted by atomic mass is 10.1. The van der Waals surface area contributed by atoms with Gasteiger partial charge < -0.3 is 4.74 Å². The van der Waals surface area contributed by atoms with E-state index in [4.69, 9.17) is 10.5 Å². The summed E-state index contributed by atoms with van der Waals surface area (Å²) in [6, 6.07) is 0. The van der Waals surface area contributed by atoms with Gasteiger partial charge in [0.25, 0.3) is 0 Å². The summed E-state index contributed by atoms with van der Waals surface area (Å²) in [5, 5.41) is 0. The van der Waals surface area contributed by atoms with Gasteiger partial charge in [-0.1, -0.05) is 78.1 Å². The first-order valence-electron chi connectivity index (χ1n) is 8.65. The second kappa shape index (κ2) is 14.8. The van der Waals surface area contributed by atoms with E-state index in [1.807, 2.05) is 6.92 Å². The molecule has 0 radical (unpaired) electrons. The molecule has 0 aliphatic heterocycles. The first kappa shape index (κ1) is 19.4. The van der Waals surface area contributed by atoms with E-state index < -0.39 is 6.23 Å². The highest BCUT2D eigenvalue weighted by atomic mass is 16.6. The van der Waals surface area contributed by atoms with Crippen LogP contribution in [0.1, 0.15) is 97.3 Å². The third-order valence-corrected chi connectivity index (χ3v) is 3.67. The molecule has 2 N–H and O–H groups in total. The van der Waals surface area contributed by atoms with Gasteiger partial charge in [-0.3, -0.25) is 10.5 Å². The molecular weight excluding hydrogens is 250 g/mol. The number of carbonyl (C=O) groups excluding carboxylic acids is 1. The molecule has 0 saturated heterocycles. The van der Waals surface area contributed by atoms with Crippen molar-refractivity contribution in [3.63, 3.8) is 0 Å². The highest BCUT2D eigenvalue weighted by Crippen LogP contribution is 2.12. The van der Waals surface area contributed by atoms with Crippen LogP contribution >= 0.6 is 0 Å². The van der Waals surface area contributed by atoms with Gasteiger partial charge in [0.1, 0.15) is 0 Å². The Morgan fingerprint density at radius 2 is 1.30 bits per heavy atom. The van der Waals surface area contributed by atoms with Crippen molar-refractivity contribution < 1.29 is 9.53 Å². The quantitative estimate of drug-likeness (QED) is 0.280. The molecule has 0 saturated carbocycles. The number of carbonyl (C=O) groups is 1. The number of rotatable bonds is 14. The molecule has 120 valence electrons. The zero-order chi connectivity index (χ0) is 15.1. The lowest BCUT2D eigenvalue weighted by molar-refractivity contribution is -0.149.